The van der Waals surface area contributed by atoms with Gasteiger partial charge in [0.15, 0.2) is 0 Å². The Hall–Kier alpha value is -2.27. The zero-order valence-electron chi connectivity index (χ0n) is 14.0. The lowest BCUT2D eigenvalue weighted by Gasteiger charge is -2.29. The Balaban J connectivity index is 2.01. The Labute approximate surface area is 137 Å². The second kappa shape index (κ2) is 7.33. The molecule has 5 heteroatoms. The first-order valence-electron chi connectivity index (χ1n) is 7.73. The molecule has 0 unspecified atom stereocenters. The molecule has 0 aliphatic heterocycles. The lowest BCUT2D eigenvalue weighted by molar-refractivity contribution is 0.0446. The van der Waals surface area contributed by atoms with Crippen LogP contribution in [0.3, 0.4) is 0 Å². The van der Waals surface area contributed by atoms with Crippen molar-refractivity contribution in [3.63, 3.8) is 0 Å². The van der Waals surface area contributed by atoms with Crippen molar-refractivity contribution >= 4 is 6.03 Å². The SMILES string of the molecule is Cn1ccc(CNC(=O)N(Cc2ccccc2)CC(C)(C)O)c1. The molecule has 0 bridgehead atoms. The van der Waals surface area contributed by atoms with Crippen molar-refractivity contribution < 1.29 is 9.90 Å². The van der Waals surface area contributed by atoms with E-state index < -0.39 is 5.60 Å². The average molecular weight is 315 g/mol. The van der Waals surface area contributed by atoms with Crippen molar-refractivity contribution in [1.82, 2.24) is 14.8 Å². The van der Waals surface area contributed by atoms with Crippen LogP contribution in [-0.4, -0.2) is 32.8 Å². The van der Waals surface area contributed by atoms with Crippen molar-refractivity contribution in [2.24, 2.45) is 7.05 Å². The van der Waals surface area contributed by atoms with Gasteiger partial charge in [-0.05, 0) is 31.0 Å². The summed E-state index contributed by atoms with van der Waals surface area (Å²) >= 11 is 0. The normalized spacial score (nSPS) is 11.3. The Morgan fingerprint density at radius 2 is 1.91 bits per heavy atom. The third-order valence-corrected chi connectivity index (χ3v) is 3.42. The van der Waals surface area contributed by atoms with Gasteiger partial charge in [-0.25, -0.2) is 4.79 Å². The van der Waals surface area contributed by atoms with Crippen LogP contribution in [0.5, 0.6) is 0 Å². The summed E-state index contributed by atoms with van der Waals surface area (Å²) in [5.74, 6) is 0. The fourth-order valence-electron chi connectivity index (χ4n) is 2.43. The van der Waals surface area contributed by atoms with Crippen LogP contribution >= 0.6 is 0 Å². The number of nitrogens with zero attached hydrogens (tertiary/aromatic N) is 2. The number of rotatable bonds is 6. The fraction of sp³-hybridized carbons (Fsp3) is 0.389. The summed E-state index contributed by atoms with van der Waals surface area (Å²) in [4.78, 5) is 14.1. The van der Waals surface area contributed by atoms with E-state index in [4.69, 9.17) is 0 Å². The summed E-state index contributed by atoms with van der Waals surface area (Å²) in [6, 6.07) is 11.6. The molecule has 0 radical (unpaired) electrons. The van der Waals surface area contributed by atoms with Crippen molar-refractivity contribution in [3.8, 4) is 0 Å². The molecule has 0 fully saturated rings. The molecule has 0 saturated heterocycles. The number of aryl methyl sites for hydroxylation is 1. The zero-order valence-corrected chi connectivity index (χ0v) is 14.0. The number of carbonyl (C=O) groups is 1. The van der Waals surface area contributed by atoms with Gasteiger partial charge in [-0.2, -0.15) is 0 Å². The first-order chi connectivity index (χ1) is 10.8. The molecule has 1 aromatic carbocycles. The van der Waals surface area contributed by atoms with E-state index in [1.54, 1.807) is 18.7 Å². The predicted octanol–water partition coefficient (Wildman–Crippen LogP) is 2.51. The number of aromatic nitrogens is 1. The molecule has 1 heterocycles. The highest BCUT2D eigenvalue weighted by atomic mass is 16.3. The molecule has 0 atom stereocenters. The average Bonchev–Trinajstić information content (AvgIpc) is 2.89. The topological polar surface area (TPSA) is 57.5 Å². The van der Waals surface area contributed by atoms with Gasteiger partial charge in [-0.15, -0.1) is 0 Å². The molecule has 2 rings (SSSR count). The third-order valence-electron chi connectivity index (χ3n) is 3.42. The second-order valence-electron chi connectivity index (χ2n) is 6.50. The highest BCUT2D eigenvalue weighted by Crippen LogP contribution is 2.11. The number of aliphatic hydroxyl groups is 1. The van der Waals surface area contributed by atoms with Crippen molar-refractivity contribution in [1.29, 1.82) is 0 Å². The lowest BCUT2D eigenvalue weighted by Crippen LogP contribution is -2.46. The lowest BCUT2D eigenvalue weighted by atomic mass is 10.1. The quantitative estimate of drug-likeness (QED) is 0.860. The molecule has 1 aromatic heterocycles. The standard InChI is InChI=1S/C18H25N3O2/c1-18(2,23)14-21(13-15-7-5-4-6-8-15)17(22)19-11-16-9-10-20(3)12-16/h4-10,12,23H,11,13-14H2,1-3H3,(H,19,22). The van der Waals surface area contributed by atoms with Gasteiger partial charge in [0.2, 0.25) is 0 Å². The molecule has 0 spiro atoms. The highest BCUT2D eigenvalue weighted by Gasteiger charge is 2.22. The summed E-state index contributed by atoms with van der Waals surface area (Å²) in [7, 11) is 1.95. The van der Waals surface area contributed by atoms with Crippen molar-refractivity contribution in [3.05, 3.63) is 59.9 Å². The number of nitrogens with one attached hydrogen (secondary N) is 1. The molecule has 0 aliphatic rings. The molecular formula is C18H25N3O2. The summed E-state index contributed by atoms with van der Waals surface area (Å²) in [5.41, 5.74) is 1.13. The molecule has 124 valence electrons. The number of hydrogen-bond donors (Lipinski definition) is 2. The Bertz CT molecular complexity index is 629. The Morgan fingerprint density at radius 3 is 2.48 bits per heavy atom. The van der Waals surface area contributed by atoms with E-state index in [1.165, 1.54) is 0 Å². The molecule has 0 saturated carbocycles. The Kier molecular flexibility index (Phi) is 5.45. The maximum absolute atomic E-state index is 12.5. The summed E-state index contributed by atoms with van der Waals surface area (Å²) in [6.45, 7) is 4.61. The zero-order chi connectivity index (χ0) is 16.9. The maximum Gasteiger partial charge on any atom is 0.318 e. The van der Waals surface area contributed by atoms with Crippen molar-refractivity contribution in [2.45, 2.75) is 32.5 Å². The van der Waals surface area contributed by atoms with E-state index in [-0.39, 0.29) is 12.6 Å². The third kappa shape index (κ3) is 5.79. The monoisotopic (exact) mass is 315 g/mol. The van der Waals surface area contributed by atoms with Crippen LogP contribution in [0.15, 0.2) is 48.8 Å². The van der Waals surface area contributed by atoms with Gasteiger partial charge in [0.1, 0.15) is 0 Å². The maximum atomic E-state index is 12.5. The molecular weight excluding hydrogens is 290 g/mol. The highest BCUT2D eigenvalue weighted by molar-refractivity contribution is 5.74. The van der Waals surface area contributed by atoms with Gasteiger partial charge in [0.05, 0.1) is 12.1 Å². The fourth-order valence-corrected chi connectivity index (χ4v) is 2.43. The minimum atomic E-state index is -0.946. The van der Waals surface area contributed by atoms with Crippen LogP contribution in [0.4, 0.5) is 4.79 Å². The number of carbonyl (C=O) groups excluding carboxylic acids is 1. The van der Waals surface area contributed by atoms with Crippen LogP contribution in [0.1, 0.15) is 25.0 Å². The van der Waals surface area contributed by atoms with E-state index >= 15 is 0 Å². The molecule has 2 N–H and O–H groups in total. The van der Waals surface area contributed by atoms with Crippen LogP contribution < -0.4 is 5.32 Å². The molecule has 2 amide bonds. The minimum Gasteiger partial charge on any atom is -0.389 e. The first kappa shape index (κ1) is 17.1. The van der Waals surface area contributed by atoms with Gasteiger partial charge in [-0.1, -0.05) is 30.3 Å². The smallest absolute Gasteiger partial charge is 0.318 e. The summed E-state index contributed by atoms with van der Waals surface area (Å²) < 4.78 is 1.94. The second-order valence-corrected chi connectivity index (χ2v) is 6.50. The van der Waals surface area contributed by atoms with Gasteiger partial charge in [0.25, 0.3) is 0 Å². The van der Waals surface area contributed by atoms with Crippen LogP contribution in [-0.2, 0) is 20.1 Å². The minimum absolute atomic E-state index is 0.181. The molecule has 2 aromatic rings. The largest absolute Gasteiger partial charge is 0.389 e. The van der Waals surface area contributed by atoms with E-state index in [2.05, 4.69) is 5.32 Å². The first-order valence-corrected chi connectivity index (χ1v) is 7.73. The van der Waals surface area contributed by atoms with Crippen LogP contribution in [0, 0.1) is 0 Å². The Morgan fingerprint density at radius 1 is 1.22 bits per heavy atom. The van der Waals surface area contributed by atoms with Gasteiger partial charge >= 0.3 is 6.03 Å². The summed E-state index contributed by atoms with van der Waals surface area (Å²) in [5, 5.41) is 13.0. The van der Waals surface area contributed by atoms with Crippen LogP contribution in [0.25, 0.3) is 0 Å². The predicted molar refractivity (Wildman–Crippen MR) is 90.8 cm³/mol. The van der Waals surface area contributed by atoms with E-state index in [1.807, 2.05) is 60.4 Å². The van der Waals surface area contributed by atoms with Crippen molar-refractivity contribution in [2.75, 3.05) is 6.54 Å². The number of urea groups is 1. The van der Waals surface area contributed by atoms with Crippen LogP contribution in [0.2, 0.25) is 0 Å². The van der Waals surface area contributed by atoms with Gasteiger partial charge in [0, 0.05) is 32.5 Å². The molecule has 23 heavy (non-hydrogen) atoms. The van der Waals surface area contributed by atoms with E-state index in [9.17, 15) is 9.90 Å². The molecule has 5 nitrogen and oxygen atoms in total. The number of amides is 2. The van der Waals surface area contributed by atoms with Gasteiger partial charge in [-0.3, -0.25) is 0 Å². The number of benzene rings is 1. The molecule has 0 aliphatic carbocycles. The van der Waals surface area contributed by atoms with E-state index in [0.29, 0.717) is 13.1 Å². The number of hydrogen-bond acceptors (Lipinski definition) is 2. The van der Waals surface area contributed by atoms with E-state index in [0.717, 1.165) is 11.1 Å². The summed E-state index contributed by atoms with van der Waals surface area (Å²) in [6.07, 6.45) is 3.91. The van der Waals surface area contributed by atoms with Gasteiger partial charge < -0.3 is 19.9 Å².